The lowest BCUT2D eigenvalue weighted by Crippen LogP contribution is -2.34. The molecule has 0 amide bonds. The summed E-state index contributed by atoms with van der Waals surface area (Å²) in [5.74, 6) is 0.498. The van der Waals surface area contributed by atoms with Gasteiger partial charge in [0.05, 0.1) is 5.75 Å². The van der Waals surface area contributed by atoms with Crippen molar-refractivity contribution < 1.29 is 8.42 Å². The molecule has 13 heavy (non-hydrogen) atoms. The lowest BCUT2D eigenvalue weighted by Gasteiger charge is -2.27. The van der Waals surface area contributed by atoms with Crippen LogP contribution in [0.2, 0.25) is 0 Å². The molecule has 3 nitrogen and oxygen atoms in total. The van der Waals surface area contributed by atoms with Crippen molar-refractivity contribution in [3.05, 3.63) is 0 Å². The van der Waals surface area contributed by atoms with E-state index >= 15 is 0 Å². The monoisotopic (exact) mass is 207 g/mol. The topological polar surface area (TPSA) is 46.2 Å². The molecule has 0 aliphatic carbocycles. The maximum absolute atomic E-state index is 11.1. The Morgan fingerprint density at radius 1 is 1.31 bits per heavy atom. The average molecular weight is 207 g/mol. The van der Waals surface area contributed by atoms with Crippen LogP contribution in [0.5, 0.6) is 0 Å². The van der Waals surface area contributed by atoms with E-state index in [1.54, 1.807) is 6.92 Å². The molecule has 0 spiro atoms. The summed E-state index contributed by atoms with van der Waals surface area (Å²) in [5, 5.41) is 0. The molecule has 0 saturated heterocycles. The summed E-state index contributed by atoms with van der Waals surface area (Å²) in [6.07, 6.45) is 0. The summed E-state index contributed by atoms with van der Waals surface area (Å²) < 4.78 is 24.8. The zero-order chi connectivity index (χ0) is 10.7. The van der Waals surface area contributed by atoms with Gasteiger partial charge in [0.25, 0.3) is 0 Å². The van der Waals surface area contributed by atoms with Gasteiger partial charge in [0.1, 0.15) is 0 Å². The first-order valence-corrected chi connectivity index (χ1v) is 6.31. The number of rotatable bonds is 4. The van der Waals surface area contributed by atoms with E-state index in [1.807, 2.05) is 0 Å². The normalized spacial score (nSPS) is 15.8. The molecule has 0 aromatic carbocycles. The minimum atomic E-state index is -3.02. The fraction of sp³-hybridized carbons (Fsp3) is 1.00. The predicted molar refractivity (Wildman–Crippen MR) is 56.1 cm³/mol. The fourth-order valence-corrected chi connectivity index (χ4v) is 1.37. The van der Waals surface area contributed by atoms with E-state index in [9.17, 15) is 8.42 Å². The van der Waals surface area contributed by atoms with Crippen LogP contribution in [0.3, 0.4) is 0 Å². The Bertz CT molecular complexity index is 239. The molecular weight excluding hydrogens is 186 g/mol. The molecular formula is C9H21NO2S. The third-order valence-corrected chi connectivity index (χ3v) is 3.83. The van der Waals surface area contributed by atoms with E-state index in [1.165, 1.54) is 0 Å². The van der Waals surface area contributed by atoms with Crippen molar-refractivity contribution in [2.24, 2.45) is 11.3 Å². The van der Waals surface area contributed by atoms with Crippen LogP contribution in [0.15, 0.2) is 0 Å². The first-order chi connectivity index (χ1) is 5.69. The van der Waals surface area contributed by atoms with Gasteiger partial charge in [0, 0.05) is 6.54 Å². The van der Waals surface area contributed by atoms with E-state index in [2.05, 4.69) is 32.4 Å². The molecule has 1 N–H and O–H groups in total. The molecule has 0 aliphatic heterocycles. The zero-order valence-corrected chi connectivity index (χ0v) is 10.0. The number of hydrogen-bond donors (Lipinski definition) is 1. The highest BCUT2D eigenvalue weighted by Crippen LogP contribution is 2.24. The van der Waals surface area contributed by atoms with Gasteiger partial charge in [-0.2, -0.15) is 0 Å². The Kier molecular flexibility index (Phi) is 4.39. The average Bonchev–Trinajstić information content (AvgIpc) is 1.98. The van der Waals surface area contributed by atoms with Gasteiger partial charge in [-0.15, -0.1) is 0 Å². The molecule has 0 aromatic rings. The van der Waals surface area contributed by atoms with Crippen LogP contribution in [0.4, 0.5) is 0 Å². The van der Waals surface area contributed by atoms with Gasteiger partial charge in [0.15, 0.2) is 0 Å². The van der Waals surface area contributed by atoms with Crippen LogP contribution in [0.25, 0.3) is 0 Å². The molecule has 0 saturated carbocycles. The first-order valence-electron chi connectivity index (χ1n) is 4.66. The van der Waals surface area contributed by atoms with Crippen LogP contribution in [0.1, 0.15) is 34.6 Å². The minimum absolute atomic E-state index is 0.149. The first kappa shape index (κ1) is 12.9. The van der Waals surface area contributed by atoms with Gasteiger partial charge in [-0.05, 0) is 18.3 Å². The highest BCUT2D eigenvalue weighted by molar-refractivity contribution is 7.89. The van der Waals surface area contributed by atoms with Crippen LogP contribution < -0.4 is 4.72 Å². The third-order valence-electron chi connectivity index (χ3n) is 2.47. The Hall–Kier alpha value is -0.0900. The smallest absolute Gasteiger partial charge is 0.211 e. The minimum Gasteiger partial charge on any atom is -0.215 e. The van der Waals surface area contributed by atoms with E-state index in [4.69, 9.17) is 0 Å². The van der Waals surface area contributed by atoms with Crippen molar-refractivity contribution >= 4 is 10.0 Å². The molecule has 0 aromatic heterocycles. The SMILES string of the molecule is CCS(=O)(=O)NCC(C)C(C)(C)C. The number of hydrogen-bond acceptors (Lipinski definition) is 2. The van der Waals surface area contributed by atoms with Crippen molar-refractivity contribution in [1.29, 1.82) is 0 Å². The van der Waals surface area contributed by atoms with Crippen LogP contribution in [0, 0.1) is 11.3 Å². The van der Waals surface area contributed by atoms with Gasteiger partial charge < -0.3 is 0 Å². The lowest BCUT2D eigenvalue weighted by molar-refractivity contribution is 0.263. The summed E-state index contributed by atoms with van der Waals surface area (Å²) in [5.41, 5.74) is 0.149. The molecule has 0 heterocycles. The molecule has 0 aliphatic rings. The lowest BCUT2D eigenvalue weighted by atomic mass is 9.82. The van der Waals surface area contributed by atoms with Gasteiger partial charge >= 0.3 is 0 Å². The molecule has 0 bridgehead atoms. The van der Waals surface area contributed by atoms with Gasteiger partial charge in [0.2, 0.25) is 10.0 Å². The van der Waals surface area contributed by atoms with Crippen molar-refractivity contribution in [3.8, 4) is 0 Å². The zero-order valence-electron chi connectivity index (χ0n) is 9.22. The maximum atomic E-state index is 11.1. The second-order valence-corrected chi connectivity index (χ2v) is 6.61. The highest BCUT2D eigenvalue weighted by Gasteiger charge is 2.21. The number of nitrogens with one attached hydrogen (secondary N) is 1. The van der Waals surface area contributed by atoms with E-state index in [0.717, 1.165) is 0 Å². The Balaban J connectivity index is 4.05. The largest absolute Gasteiger partial charge is 0.215 e. The molecule has 1 atom stereocenters. The standard InChI is InChI=1S/C9H21NO2S/c1-6-13(11,12)10-7-8(2)9(3,4)5/h8,10H,6-7H2,1-5H3. The van der Waals surface area contributed by atoms with Crippen molar-refractivity contribution in [3.63, 3.8) is 0 Å². The van der Waals surface area contributed by atoms with E-state index in [0.29, 0.717) is 12.5 Å². The fourth-order valence-electron chi connectivity index (χ4n) is 0.660. The Labute approximate surface area is 82.0 Å². The third kappa shape index (κ3) is 5.26. The summed E-state index contributed by atoms with van der Waals surface area (Å²) in [7, 11) is -3.02. The molecule has 0 fully saturated rings. The quantitative estimate of drug-likeness (QED) is 0.761. The molecule has 0 rings (SSSR count). The van der Waals surface area contributed by atoms with E-state index in [-0.39, 0.29) is 11.2 Å². The molecule has 4 heteroatoms. The Morgan fingerprint density at radius 2 is 1.77 bits per heavy atom. The summed E-state index contributed by atoms with van der Waals surface area (Å²) in [4.78, 5) is 0. The van der Waals surface area contributed by atoms with Gasteiger partial charge in [-0.1, -0.05) is 27.7 Å². The molecule has 0 radical (unpaired) electrons. The second kappa shape index (κ2) is 4.42. The summed E-state index contributed by atoms with van der Waals surface area (Å²) >= 11 is 0. The predicted octanol–water partition coefficient (Wildman–Crippen LogP) is 1.61. The van der Waals surface area contributed by atoms with Crippen LogP contribution >= 0.6 is 0 Å². The second-order valence-electron chi connectivity index (χ2n) is 4.52. The van der Waals surface area contributed by atoms with Gasteiger partial charge in [-0.3, -0.25) is 0 Å². The molecule has 1 unspecified atom stereocenters. The highest BCUT2D eigenvalue weighted by atomic mass is 32.2. The number of sulfonamides is 1. The molecule has 80 valence electrons. The van der Waals surface area contributed by atoms with E-state index < -0.39 is 10.0 Å². The van der Waals surface area contributed by atoms with Crippen molar-refractivity contribution in [1.82, 2.24) is 4.72 Å². The van der Waals surface area contributed by atoms with Gasteiger partial charge in [-0.25, -0.2) is 13.1 Å². The summed E-state index contributed by atoms with van der Waals surface area (Å²) in [6, 6.07) is 0. The Morgan fingerprint density at radius 3 is 2.08 bits per heavy atom. The maximum Gasteiger partial charge on any atom is 0.211 e. The van der Waals surface area contributed by atoms with Crippen LogP contribution in [-0.2, 0) is 10.0 Å². The summed E-state index contributed by atoms with van der Waals surface area (Å²) in [6.45, 7) is 10.6. The van der Waals surface area contributed by atoms with Crippen LogP contribution in [-0.4, -0.2) is 20.7 Å². The van der Waals surface area contributed by atoms with Crippen molar-refractivity contribution in [2.45, 2.75) is 34.6 Å². The van der Waals surface area contributed by atoms with Crippen molar-refractivity contribution in [2.75, 3.05) is 12.3 Å².